The Balaban J connectivity index is 1.18. The molecule has 2 aliphatic heterocycles. The van der Waals surface area contributed by atoms with Crippen LogP contribution in [0.4, 0.5) is 5.69 Å². The fraction of sp³-hybridized carbons (Fsp3) is 0.455. The quantitative estimate of drug-likeness (QED) is 0.739. The second-order valence-corrected chi connectivity index (χ2v) is 7.99. The number of piperazine rings is 1. The second kappa shape index (κ2) is 9.30. The number of nitrogens with zero attached hydrogens (tertiary/aromatic N) is 4. The van der Waals surface area contributed by atoms with E-state index in [4.69, 9.17) is 4.52 Å². The average Bonchev–Trinajstić information content (AvgIpc) is 3.40. The highest BCUT2D eigenvalue weighted by Crippen LogP contribution is 2.24. The van der Waals surface area contributed by atoms with Crippen molar-refractivity contribution in [1.82, 2.24) is 20.3 Å². The van der Waals surface area contributed by atoms with Crippen LogP contribution in [0.2, 0.25) is 0 Å². The second-order valence-electron chi connectivity index (χ2n) is 7.99. The molecular formula is C22H27N5O4. The summed E-state index contributed by atoms with van der Waals surface area (Å²) in [4.78, 5) is 42.9. The molecule has 0 aliphatic carbocycles. The van der Waals surface area contributed by atoms with Gasteiger partial charge in [0.15, 0.2) is 5.69 Å². The first-order valence-electron chi connectivity index (χ1n) is 10.6. The van der Waals surface area contributed by atoms with Crippen LogP contribution in [0.5, 0.6) is 0 Å². The maximum Gasteiger partial charge on any atom is 0.276 e. The highest BCUT2D eigenvalue weighted by molar-refractivity contribution is 6.00. The molecule has 0 saturated carbocycles. The van der Waals surface area contributed by atoms with Crippen molar-refractivity contribution in [3.05, 3.63) is 47.9 Å². The zero-order valence-electron chi connectivity index (χ0n) is 17.6. The molecule has 2 fully saturated rings. The number of carbonyl (C=O) groups is 3. The number of amides is 3. The van der Waals surface area contributed by atoms with Crippen LogP contribution in [0, 0.1) is 12.8 Å². The predicted octanol–water partition coefficient (Wildman–Crippen LogP) is 0.910. The summed E-state index contributed by atoms with van der Waals surface area (Å²) in [5, 5.41) is 6.76. The molecule has 31 heavy (non-hydrogen) atoms. The molecule has 1 atom stereocenters. The van der Waals surface area contributed by atoms with E-state index in [0.29, 0.717) is 44.2 Å². The Morgan fingerprint density at radius 1 is 1.16 bits per heavy atom. The van der Waals surface area contributed by atoms with Crippen LogP contribution in [0.25, 0.3) is 0 Å². The topological polar surface area (TPSA) is 99.0 Å². The van der Waals surface area contributed by atoms with Crippen LogP contribution in [0.15, 0.2) is 40.9 Å². The summed E-state index contributed by atoms with van der Waals surface area (Å²) in [6.45, 7) is 6.10. The fourth-order valence-corrected chi connectivity index (χ4v) is 4.03. The molecule has 164 valence electrons. The van der Waals surface area contributed by atoms with Gasteiger partial charge in [0.1, 0.15) is 5.76 Å². The van der Waals surface area contributed by atoms with Gasteiger partial charge in [-0.15, -0.1) is 0 Å². The number of anilines is 1. The lowest BCUT2D eigenvalue weighted by atomic mass is 10.1. The van der Waals surface area contributed by atoms with Crippen molar-refractivity contribution in [2.75, 3.05) is 50.7 Å². The third kappa shape index (κ3) is 4.93. The molecule has 1 aromatic carbocycles. The van der Waals surface area contributed by atoms with Crippen LogP contribution >= 0.6 is 0 Å². The van der Waals surface area contributed by atoms with Crippen molar-refractivity contribution in [2.45, 2.75) is 13.3 Å². The number of hydrogen-bond acceptors (Lipinski definition) is 6. The van der Waals surface area contributed by atoms with Gasteiger partial charge in [-0.2, -0.15) is 0 Å². The molecule has 4 rings (SSSR count). The summed E-state index contributed by atoms with van der Waals surface area (Å²) in [7, 11) is 0. The molecule has 1 N–H and O–H groups in total. The SMILES string of the molecule is Cc1cc(C(=O)N2CCN(CCNC(=O)C3CC(=O)N(c4ccccc4)C3)CC2)no1. The van der Waals surface area contributed by atoms with Gasteiger partial charge in [0.05, 0.1) is 5.92 Å². The van der Waals surface area contributed by atoms with E-state index in [1.165, 1.54) is 0 Å². The lowest BCUT2D eigenvalue weighted by Crippen LogP contribution is -2.50. The third-order valence-corrected chi connectivity index (χ3v) is 5.80. The monoisotopic (exact) mass is 425 g/mol. The molecule has 1 aromatic heterocycles. The molecule has 0 spiro atoms. The van der Waals surface area contributed by atoms with Gasteiger partial charge >= 0.3 is 0 Å². The molecule has 9 nitrogen and oxygen atoms in total. The normalized spacial score (nSPS) is 19.6. The maximum absolute atomic E-state index is 12.5. The fourth-order valence-electron chi connectivity index (χ4n) is 4.03. The van der Waals surface area contributed by atoms with E-state index in [1.807, 2.05) is 30.3 Å². The van der Waals surface area contributed by atoms with Crippen molar-refractivity contribution >= 4 is 23.4 Å². The van der Waals surface area contributed by atoms with Crippen molar-refractivity contribution in [3.8, 4) is 0 Å². The Morgan fingerprint density at radius 3 is 2.58 bits per heavy atom. The summed E-state index contributed by atoms with van der Waals surface area (Å²) in [6.07, 6.45) is 0.239. The van der Waals surface area contributed by atoms with E-state index in [0.717, 1.165) is 18.8 Å². The molecular weight excluding hydrogens is 398 g/mol. The van der Waals surface area contributed by atoms with Gasteiger partial charge in [-0.05, 0) is 19.1 Å². The van der Waals surface area contributed by atoms with Gasteiger partial charge < -0.3 is 19.6 Å². The van der Waals surface area contributed by atoms with Crippen LogP contribution in [-0.2, 0) is 9.59 Å². The van der Waals surface area contributed by atoms with Crippen molar-refractivity contribution in [1.29, 1.82) is 0 Å². The first-order chi connectivity index (χ1) is 15.0. The zero-order chi connectivity index (χ0) is 21.8. The largest absolute Gasteiger partial charge is 0.361 e. The van der Waals surface area contributed by atoms with Crippen molar-refractivity contribution < 1.29 is 18.9 Å². The van der Waals surface area contributed by atoms with E-state index >= 15 is 0 Å². The molecule has 1 unspecified atom stereocenters. The standard InChI is InChI=1S/C22H27N5O4/c1-16-13-19(24-31-16)22(30)26-11-9-25(10-12-26)8-7-23-21(29)17-14-20(28)27(15-17)18-5-3-2-4-6-18/h2-6,13,17H,7-12,14-15H2,1H3,(H,23,29). The lowest BCUT2D eigenvalue weighted by molar-refractivity contribution is -0.126. The summed E-state index contributed by atoms with van der Waals surface area (Å²) < 4.78 is 4.98. The predicted molar refractivity (Wildman–Crippen MR) is 113 cm³/mol. The number of benzene rings is 1. The molecule has 3 amide bonds. The van der Waals surface area contributed by atoms with Gasteiger partial charge in [-0.1, -0.05) is 23.4 Å². The number of aromatic nitrogens is 1. The first kappa shape index (κ1) is 21.0. The molecule has 2 aromatic rings. The number of carbonyl (C=O) groups excluding carboxylic acids is 3. The molecule has 9 heteroatoms. The Bertz CT molecular complexity index is 936. The first-order valence-corrected chi connectivity index (χ1v) is 10.6. The van der Waals surface area contributed by atoms with E-state index < -0.39 is 0 Å². The minimum absolute atomic E-state index is 0.0190. The third-order valence-electron chi connectivity index (χ3n) is 5.80. The molecule has 0 bridgehead atoms. The number of hydrogen-bond donors (Lipinski definition) is 1. The smallest absolute Gasteiger partial charge is 0.276 e. The van der Waals surface area contributed by atoms with E-state index in [1.54, 1.807) is 22.8 Å². The Labute approximate surface area is 181 Å². The molecule has 0 radical (unpaired) electrons. The van der Waals surface area contributed by atoms with Crippen LogP contribution < -0.4 is 10.2 Å². The van der Waals surface area contributed by atoms with Crippen molar-refractivity contribution in [3.63, 3.8) is 0 Å². The van der Waals surface area contributed by atoms with Crippen LogP contribution in [0.3, 0.4) is 0 Å². The Morgan fingerprint density at radius 2 is 1.90 bits per heavy atom. The van der Waals surface area contributed by atoms with Gasteiger partial charge in [0.25, 0.3) is 5.91 Å². The highest BCUT2D eigenvalue weighted by atomic mass is 16.5. The summed E-state index contributed by atoms with van der Waals surface area (Å²) >= 11 is 0. The van der Waals surface area contributed by atoms with Gasteiger partial charge in [0, 0.05) is 64.0 Å². The van der Waals surface area contributed by atoms with Crippen molar-refractivity contribution in [2.24, 2.45) is 5.92 Å². The van der Waals surface area contributed by atoms with Gasteiger partial charge in [0.2, 0.25) is 11.8 Å². The van der Waals surface area contributed by atoms with E-state index in [9.17, 15) is 14.4 Å². The Hall–Kier alpha value is -3.20. The minimum atomic E-state index is -0.326. The number of para-hydroxylation sites is 1. The van der Waals surface area contributed by atoms with E-state index in [-0.39, 0.29) is 30.1 Å². The number of nitrogens with one attached hydrogen (secondary N) is 1. The van der Waals surface area contributed by atoms with E-state index in [2.05, 4.69) is 15.4 Å². The average molecular weight is 425 g/mol. The Kier molecular flexibility index (Phi) is 6.31. The molecule has 2 aliphatic rings. The lowest BCUT2D eigenvalue weighted by Gasteiger charge is -2.34. The highest BCUT2D eigenvalue weighted by Gasteiger charge is 2.35. The molecule has 2 saturated heterocycles. The number of aryl methyl sites for hydroxylation is 1. The van der Waals surface area contributed by atoms with Gasteiger partial charge in [-0.25, -0.2) is 0 Å². The van der Waals surface area contributed by atoms with Crippen LogP contribution in [-0.4, -0.2) is 78.5 Å². The summed E-state index contributed by atoms with van der Waals surface area (Å²) in [6, 6.07) is 11.1. The zero-order valence-corrected chi connectivity index (χ0v) is 17.6. The minimum Gasteiger partial charge on any atom is -0.361 e. The summed E-state index contributed by atoms with van der Waals surface area (Å²) in [5.74, 6) is 0.0804. The maximum atomic E-state index is 12.5. The molecule has 3 heterocycles. The van der Waals surface area contributed by atoms with Gasteiger partial charge in [-0.3, -0.25) is 19.3 Å². The number of rotatable bonds is 6. The summed E-state index contributed by atoms with van der Waals surface area (Å²) in [5.41, 5.74) is 1.17. The van der Waals surface area contributed by atoms with Crippen LogP contribution in [0.1, 0.15) is 22.7 Å².